The molecular weight excluding hydrogens is 348 g/mol. The molecule has 1 fully saturated rings. The molecule has 1 aliphatic heterocycles. The number of benzene rings is 1. The summed E-state index contributed by atoms with van der Waals surface area (Å²) >= 11 is 0. The molecule has 0 spiro atoms. The third-order valence-corrected chi connectivity index (χ3v) is 5.11. The van der Waals surface area contributed by atoms with E-state index in [9.17, 15) is 4.79 Å². The SMILES string of the molecule is CCC(NC(=O)N1CCN(CC=Cc2ccccc2)CC1)c1cccc(C)n1. The number of carbonyl (C=O) groups is 1. The molecule has 1 aliphatic rings. The monoisotopic (exact) mass is 378 g/mol. The first kappa shape index (κ1) is 20.1. The van der Waals surface area contributed by atoms with Gasteiger partial charge in [-0.05, 0) is 31.0 Å². The van der Waals surface area contributed by atoms with E-state index >= 15 is 0 Å². The second kappa shape index (κ2) is 10.0. The second-order valence-corrected chi connectivity index (χ2v) is 7.21. The van der Waals surface area contributed by atoms with Crippen molar-refractivity contribution in [3.63, 3.8) is 0 Å². The van der Waals surface area contributed by atoms with Crippen LogP contribution in [0.5, 0.6) is 0 Å². The third-order valence-electron chi connectivity index (χ3n) is 5.11. The summed E-state index contributed by atoms with van der Waals surface area (Å²) in [4.78, 5) is 21.5. The molecule has 2 aromatic rings. The number of urea groups is 1. The molecule has 3 rings (SSSR count). The van der Waals surface area contributed by atoms with Gasteiger partial charge in [-0.1, -0.05) is 55.5 Å². The van der Waals surface area contributed by atoms with E-state index in [2.05, 4.69) is 46.4 Å². The van der Waals surface area contributed by atoms with Gasteiger partial charge in [0.1, 0.15) is 0 Å². The van der Waals surface area contributed by atoms with E-state index in [1.165, 1.54) is 5.56 Å². The largest absolute Gasteiger partial charge is 0.330 e. The number of hydrogen-bond acceptors (Lipinski definition) is 3. The first-order valence-electron chi connectivity index (χ1n) is 10.1. The minimum Gasteiger partial charge on any atom is -0.330 e. The van der Waals surface area contributed by atoms with Crippen LogP contribution in [0.25, 0.3) is 6.08 Å². The van der Waals surface area contributed by atoms with Crippen LogP contribution in [-0.2, 0) is 0 Å². The average molecular weight is 379 g/mol. The van der Waals surface area contributed by atoms with Crippen molar-refractivity contribution < 1.29 is 4.79 Å². The molecule has 5 nitrogen and oxygen atoms in total. The number of nitrogens with zero attached hydrogens (tertiary/aromatic N) is 3. The zero-order chi connectivity index (χ0) is 19.8. The van der Waals surface area contributed by atoms with Crippen molar-refractivity contribution in [1.82, 2.24) is 20.1 Å². The number of pyridine rings is 1. The minimum atomic E-state index is -0.0424. The van der Waals surface area contributed by atoms with Gasteiger partial charge in [-0.2, -0.15) is 0 Å². The summed E-state index contributed by atoms with van der Waals surface area (Å²) in [5.41, 5.74) is 3.12. The molecule has 0 radical (unpaired) electrons. The topological polar surface area (TPSA) is 48.5 Å². The van der Waals surface area contributed by atoms with Crippen LogP contribution in [0, 0.1) is 6.92 Å². The van der Waals surface area contributed by atoms with Gasteiger partial charge in [0, 0.05) is 38.4 Å². The van der Waals surface area contributed by atoms with Crippen LogP contribution in [0.15, 0.2) is 54.6 Å². The Bertz CT molecular complexity index is 782. The maximum atomic E-state index is 12.7. The van der Waals surface area contributed by atoms with Gasteiger partial charge in [0.05, 0.1) is 11.7 Å². The van der Waals surface area contributed by atoms with Crippen molar-refractivity contribution >= 4 is 12.1 Å². The van der Waals surface area contributed by atoms with Crippen LogP contribution in [-0.4, -0.2) is 53.5 Å². The van der Waals surface area contributed by atoms with Gasteiger partial charge in [-0.15, -0.1) is 0 Å². The van der Waals surface area contributed by atoms with E-state index in [-0.39, 0.29) is 12.1 Å². The molecule has 5 heteroatoms. The summed E-state index contributed by atoms with van der Waals surface area (Å²) in [6.45, 7) is 8.26. The summed E-state index contributed by atoms with van der Waals surface area (Å²) in [6, 6.07) is 16.3. The quantitative estimate of drug-likeness (QED) is 0.830. The van der Waals surface area contributed by atoms with Crippen molar-refractivity contribution in [3.8, 4) is 0 Å². The molecule has 28 heavy (non-hydrogen) atoms. The van der Waals surface area contributed by atoms with E-state index in [4.69, 9.17) is 0 Å². The van der Waals surface area contributed by atoms with Gasteiger partial charge >= 0.3 is 6.03 Å². The molecule has 148 valence electrons. The van der Waals surface area contributed by atoms with Crippen LogP contribution in [0.1, 0.15) is 36.3 Å². The number of aryl methyl sites for hydroxylation is 1. The highest BCUT2D eigenvalue weighted by Crippen LogP contribution is 2.15. The highest BCUT2D eigenvalue weighted by molar-refractivity contribution is 5.74. The Hall–Kier alpha value is -2.66. The number of piperazine rings is 1. The lowest BCUT2D eigenvalue weighted by Gasteiger charge is -2.35. The summed E-state index contributed by atoms with van der Waals surface area (Å²) in [6.07, 6.45) is 5.17. The third kappa shape index (κ3) is 5.67. The first-order valence-corrected chi connectivity index (χ1v) is 10.1. The zero-order valence-electron chi connectivity index (χ0n) is 16.8. The van der Waals surface area contributed by atoms with Gasteiger partial charge < -0.3 is 10.2 Å². The molecule has 0 bridgehead atoms. The van der Waals surface area contributed by atoms with E-state index in [1.54, 1.807) is 0 Å². The first-order chi connectivity index (χ1) is 13.7. The Balaban J connectivity index is 1.46. The minimum absolute atomic E-state index is 0.00892. The van der Waals surface area contributed by atoms with Crippen LogP contribution in [0.4, 0.5) is 4.79 Å². The van der Waals surface area contributed by atoms with Crippen LogP contribution in [0.3, 0.4) is 0 Å². The molecule has 0 saturated carbocycles. The fourth-order valence-electron chi connectivity index (χ4n) is 3.42. The molecule has 1 saturated heterocycles. The maximum Gasteiger partial charge on any atom is 0.318 e. The molecule has 2 heterocycles. The second-order valence-electron chi connectivity index (χ2n) is 7.21. The fourth-order valence-corrected chi connectivity index (χ4v) is 3.42. The lowest BCUT2D eigenvalue weighted by Crippen LogP contribution is -2.52. The predicted molar refractivity (Wildman–Crippen MR) is 114 cm³/mol. The Morgan fingerprint density at radius 1 is 1.11 bits per heavy atom. The summed E-state index contributed by atoms with van der Waals surface area (Å²) in [5.74, 6) is 0. The lowest BCUT2D eigenvalue weighted by molar-refractivity contribution is 0.144. The highest BCUT2D eigenvalue weighted by atomic mass is 16.2. The maximum absolute atomic E-state index is 12.7. The van der Waals surface area contributed by atoms with E-state index in [0.717, 1.165) is 50.5 Å². The van der Waals surface area contributed by atoms with Gasteiger partial charge in [0.15, 0.2) is 0 Å². The molecule has 1 N–H and O–H groups in total. The normalized spacial score (nSPS) is 16.3. The summed E-state index contributed by atoms with van der Waals surface area (Å²) < 4.78 is 0. The zero-order valence-corrected chi connectivity index (χ0v) is 16.8. The number of carbonyl (C=O) groups excluding carboxylic acids is 1. The van der Waals surface area contributed by atoms with Crippen molar-refractivity contribution in [1.29, 1.82) is 0 Å². The highest BCUT2D eigenvalue weighted by Gasteiger charge is 2.23. The molecule has 1 aromatic carbocycles. The standard InChI is InChI=1S/C23H30N4O/c1-3-21(22-13-7-9-19(2)24-22)25-23(28)27-17-15-26(16-18-27)14-8-12-20-10-5-4-6-11-20/h4-13,21H,3,14-18H2,1-2H3,(H,25,28). The fraction of sp³-hybridized carbons (Fsp3) is 0.391. The smallest absolute Gasteiger partial charge is 0.318 e. The number of rotatable bonds is 6. The average Bonchev–Trinajstić information content (AvgIpc) is 2.73. The van der Waals surface area contributed by atoms with Crippen molar-refractivity contribution in [2.45, 2.75) is 26.3 Å². The van der Waals surface area contributed by atoms with Crippen molar-refractivity contribution in [3.05, 3.63) is 71.6 Å². The number of hydrogen-bond donors (Lipinski definition) is 1. The van der Waals surface area contributed by atoms with Crippen molar-refractivity contribution in [2.75, 3.05) is 32.7 Å². The molecule has 1 atom stereocenters. The van der Waals surface area contributed by atoms with Crippen LogP contribution in [0.2, 0.25) is 0 Å². The van der Waals surface area contributed by atoms with Gasteiger partial charge in [0.25, 0.3) is 0 Å². The molecule has 2 amide bonds. The number of amides is 2. The Kier molecular flexibility index (Phi) is 7.20. The van der Waals surface area contributed by atoms with E-state index in [0.29, 0.717) is 0 Å². The predicted octanol–water partition coefficient (Wildman–Crippen LogP) is 3.88. The van der Waals surface area contributed by atoms with Gasteiger partial charge in [0.2, 0.25) is 0 Å². The molecule has 1 aromatic heterocycles. The lowest BCUT2D eigenvalue weighted by atomic mass is 10.1. The number of aromatic nitrogens is 1. The molecule has 0 aliphatic carbocycles. The van der Waals surface area contributed by atoms with Gasteiger partial charge in [-0.3, -0.25) is 9.88 Å². The van der Waals surface area contributed by atoms with Gasteiger partial charge in [-0.25, -0.2) is 4.79 Å². The Morgan fingerprint density at radius 3 is 2.54 bits per heavy atom. The summed E-state index contributed by atoms with van der Waals surface area (Å²) in [7, 11) is 0. The molecular formula is C23H30N4O. The Morgan fingerprint density at radius 2 is 1.86 bits per heavy atom. The van der Waals surface area contributed by atoms with E-state index < -0.39 is 0 Å². The van der Waals surface area contributed by atoms with Crippen LogP contribution < -0.4 is 5.32 Å². The summed E-state index contributed by atoms with van der Waals surface area (Å²) in [5, 5.41) is 3.15. The van der Waals surface area contributed by atoms with Crippen molar-refractivity contribution in [2.24, 2.45) is 0 Å². The number of nitrogens with one attached hydrogen (secondary N) is 1. The Labute approximate surface area is 168 Å². The van der Waals surface area contributed by atoms with E-state index in [1.807, 2.05) is 48.2 Å². The molecule has 1 unspecified atom stereocenters. The van der Waals surface area contributed by atoms with Crippen LogP contribution >= 0.6 is 0 Å².